The molecular weight excluding hydrogens is 296 g/mol. The molecule has 0 aliphatic carbocycles. The summed E-state index contributed by atoms with van der Waals surface area (Å²) in [6, 6.07) is 0. The standard InChI is InChI=1S/C12H10N4O2S2/c1-12(2)3-5-6(4-18-12)20-8-7(5)9(17)16-10(13-8)14-15-11(16)19/h3-4H2,1-2H3. The smallest absolute Gasteiger partial charge is 0.270 e. The highest BCUT2D eigenvalue weighted by Gasteiger charge is 2.32. The third kappa shape index (κ3) is 1.55. The normalized spacial score (nSPS) is 19.4. The maximum Gasteiger partial charge on any atom is 0.270 e. The molecule has 0 atom stereocenters. The van der Waals surface area contributed by atoms with Crippen LogP contribution in [0.15, 0.2) is 15.0 Å². The summed E-state index contributed by atoms with van der Waals surface area (Å²) in [4.78, 5) is 18.8. The van der Waals surface area contributed by atoms with Crippen molar-refractivity contribution >= 4 is 44.8 Å². The van der Waals surface area contributed by atoms with Crippen molar-refractivity contribution in [3.8, 4) is 0 Å². The van der Waals surface area contributed by atoms with Crippen LogP contribution in [0.4, 0.5) is 5.95 Å². The number of fused-ring (bicyclic) bond motifs is 4. The lowest BCUT2D eigenvalue weighted by atomic mass is 9.94. The van der Waals surface area contributed by atoms with Crippen molar-refractivity contribution in [2.75, 3.05) is 0 Å². The number of nitrogens with zero attached hydrogens (tertiary/aromatic N) is 4. The van der Waals surface area contributed by atoms with Crippen molar-refractivity contribution < 1.29 is 4.74 Å². The van der Waals surface area contributed by atoms with Gasteiger partial charge in [-0.1, -0.05) is 0 Å². The van der Waals surface area contributed by atoms with E-state index in [1.165, 1.54) is 15.9 Å². The highest BCUT2D eigenvalue weighted by molar-refractivity contribution is 7.80. The summed E-state index contributed by atoms with van der Waals surface area (Å²) < 4.78 is 7.09. The molecule has 0 N–H and O–H groups in total. The van der Waals surface area contributed by atoms with E-state index in [0.717, 1.165) is 10.4 Å². The van der Waals surface area contributed by atoms with Gasteiger partial charge in [0.2, 0.25) is 5.11 Å². The molecule has 0 aromatic carbocycles. The van der Waals surface area contributed by atoms with Crippen molar-refractivity contribution in [2.45, 2.75) is 32.5 Å². The summed E-state index contributed by atoms with van der Waals surface area (Å²) in [5.74, 6) is 0.270. The fourth-order valence-electron chi connectivity index (χ4n) is 2.55. The fraction of sp³-hybridized carbons (Fsp3) is 0.417. The highest BCUT2D eigenvalue weighted by atomic mass is 32.1. The van der Waals surface area contributed by atoms with Crippen LogP contribution in [0.2, 0.25) is 0 Å². The van der Waals surface area contributed by atoms with Crippen molar-refractivity contribution in [1.29, 1.82) is 0 Å². The summed E-state index contributed by atoms with van der Waals surface area (Å²) in [5.41, 5.74) is 0.589. The van der Waals surface area contributed by atoms with Gasteiger partial charge in [-0.2, -0.15) is 4.98 Å². The van der Waals surface area contributed by atoms with E-state index in [9.17, 15) is 4.79 Å². The molecule has 2 aliphatic rings. The average molecular weight is 306 g/mol. The quantitative estimate of drug-likeness (QED) is 0.701. The third-order valence-electron chi connectivity index (χ3n) is 3.50. The summed E-state index contributed by atoms with van der Waals surface area (Å²) in [7, 11) is 0. The molecule has 0 saturated carbocycles. The molecule has 0 spiro atoms. The predicted octanol–water partition coefficient (Wildman–Crippen LogP) is 2.54. The van der Waals surface area contributed by atoms with Gasteiger partial charge in [-0.05, 0) is 31.6 Å². The number of azo groups is 1. The summed E-state index contributed by atoms with van der Waals surface area (Å²) in [5, 5.41) is 8.38. The second-order valence-corrected chi connectivity index (χ2v) is 6.89. The maximum absolute atomic E-state index is 12.7. The van der Waals surface area contributed by atoms with E-state index in [0.29, 0.717) is 23.2 Å². The first-order valence-electron chi connectivity index (χ1n) is 6.14. The fourth-order valence-corrected chi connectivity index (χ4v) is 3.85. The Hall–Kier alpha value is -1.51. The largest absolute Gasteiger partial charge is 0.370 e. The zero-order valence-corrected chi connectivity index (χ0v) is 12.5. The van der Waals surface area contributed by atoms with E-state index in [2.05, 4.69) is 15.2 Å². The number of thiocarbonyl (C=S) groups is 1. The van der Waals surface area contributed by atoms with E-state index in [-0.39, 0.29) is 22.2 Å². The first-order valence-corrected chi connectivity index (χ1v) is 7.36. The van der Waals surface area contributed by atoms with Crippen LogP contribution in [0, 0.1) is 0 Å². The minimum absolute atomic E-state index is 0.158. The van der Waals surface area contributed by atoms with Crippen LogP contribution in [-0.4, -0.2) is 20.3 Å². The molecule has 4 heterocycles. The molecule has 0 bridgehead atoms. The van der Waals surface area contributed by atoms with E-state index in [1.807, 2.05) is 13.8 Å². The number of ether oxygens (including phenoxy) is 1. The zero-order chi connectivity index (χ0) is 14.1. The van der Waals surface area contributed by atoms with Crippen LogP contribution in [-0.2, 0) is 17.8 Å². The second-order valence-electron chi connectivity index (χ2n) is 5.44. The van der Waals surface area contributed by atoms with Crippen LogP contribution >= 0.6 is 23.6 Å². The Bertz CT molecular complexity index is 862. The minimum Gasteiger partial charge on any atom is -0.370 e. The van der Waals surface area contributed by atoms with Crippen LogP contribution in [0.3, 0.4) is 0 Å². The van der Waals surface area contributed by atoms with Crippen molar-refractivity contribution in [3.63, 3.8) is 0 Å². The molecule has 0 amide bonds. The van der Waals surface area contributed by atoms with Gasteiger partial charge >= 0.3 is 0 Å². The van der Waals surface area contributed by atoms with Crippen LogP contribution in [0.5, 0.6) is 0 Å². The number of aromatic nitrogens is 2. The molecule has 8 heteroatoms. The number of rotatable bonds is 0. The van der Waals surface area contributed by atoms with E-state index < -0.39 is 0 Å². The summed E-state index contributed by atoms with van der Waals surface area (Å²) >= 11 is 6.53. The van der Waals surface area contributed by atoms with Gasteiger partial charge in [0, 0.05) is 11.3 Å². The third-order valence-corrected chi connectivity index (χ3v) is 4.87. The average Bonchev–Trinajstić information content (AvgIpc) is 2.90. The predicted molar refractivity (Wildman–Crippen MR) is 79.0 cm³/mol. The summed E-state index contributed by atoms with van der Waals surface area (Å²) in [6.45, 7) is 4.56. The van der Waals surface area contributed by atoms with Crippen molar-refractivity contribution in [2.24, 2.45) is 10.2 Å². The van der Waals surface area contributed by atoms with Gasteiger partial charge in [0.05, 0.1) is 17.6 Å². The Morgan fingerprint density at radius 1 is 1.40 bits per heavy atom. The Labute approximate surface area is 123 Å². The van der Waals surface area contributed by atoms with Crippen LogP contribution in [0.25, 0.3) is 10.2 Å². The molecular formula is C12H10N4O2S2. The molecule has 0 radical (unpaired) electrons. The summed E-state index contributed by atoms with van der Waals surface area (Å²) in [6.07, 6.45) is 0.694. The molecule has 2 aromatic rings. The van der Waals surface area contributed by atoms with Gasteiger partial charge in [-0.25, -0.2) is 4.57 Å². The SMILES string of the molecule is CC1(C)Cc2c(sc3nc4n(c(=O)c23)C(=S)N=N4)CO1. The minimum atomic E-state index is -0.271. The van der Waals surface area contributed by atoms with Crippen molar-refractivity contribution in [3.05, 3.63) is 20.8 Å². The van der Waals surface area contributed by atoms with Gasteiger partial charge in [-0.3, -0.25) is 4.79 Å². The van der Waals surface area contributed by atoms with Gasteiger partial charge < -0.3 is 4.74 Å². The van der Waals surface area contributed by atoms with E-state index in [4.69, 9.17) is 17.0 Å². The lowest BCUT2D eigenvalue weighted by molar-refractivity contribution is -0.0379. The van der Waals surface area contributed by atoms with E-state index >= 15 is 0 Å². The van der Waals surface area contributed by atoms with Crippen LogP contribution in [0.1, 0.15) is 24.3 Å². The molecule has 6 nitrogen and oxygen atoms in total. The topological polar surface area (TPSA) is 68.8 Å². The lowest BCUT2D eigenvalue weighted by Crippen LogP contribution is -2.32. The lowest BCUT2D eigenvalue weighted by Gasteiger charge is -2.29. The maximum atomic E-state index is 12.7. The molecule has 0 fully saturated rings. The number of hydrogen-bond acceptors (Lipinski definition) is 6. The Balaban J connectivity index is 2.08. The molecule has 2 aromatic heterocycles. The Morgan fingerprint density at radius 2 is 2.20 bits per heavy atom. The Kier molecular flexibility index (Phi) is 2.31. The first kappa shape index (κ1) is 12.2. The van der Waals surface area contributed by atoms with Gasteiger partial charge in [0.1, 0.15) is 4.83 Å². The van der Waals surface area contributed by atoms with Gasteiger partial charge in [0.25, 0.3) is 11.5 Å². The Morgan fingerprint density at radius 3 is 3.00 bits per heavy atom. The number of hydrogen-bond donors (Lipinski definition) is 0. The zero-order valence-electron chi connectivity index (χ0n) is 10.8. The molecule has 20 heavy (non-hydrogen) atoms. The van der Waals surface area contributed by atoms with E-state index in [1.54, 1.807) is 0 Å². The van der Waals surface area contributed by atoms with Crippen LogP contribution < -0.4 is 5.56 Å². The van der Waals surface area contributed by atoms with Gasteiger partial charge in [-0.15, -0.1) is 21.6 Å². The second kappa shape index (κ2) is 3.78. The molecule has 4 rings (SSSR count). The molecule has 102 valence electrons. The van der Waals surface area contributed by atoms with Gasteiger partial charge in [0.15, 0.2) is 0 Å². The number of thiophene rings is 1. The molecule has 0 saturated heterocycles. The first-order chi connectivity index (χ1) is 9.46. The molecule has 0 unspecified atom stereocenters. The van der Waals surface area contributed by atoms with Crippen molar-refractivity contribution in [1.82, 2.24) is 9.55 Å². The molecule has 2 aliphatic heterocycles. The highest BCUT2D eigenvalue weighted by Crippen LogP contribution is 2.37. The monoisotopic (exact) mass is 306 g/mol.